The second-order valence-corrected chi connectivity index (χ2v) is 5.78. The zero-order valence-electron chi connectivity index (χ0n) is 10.2. The standard InChI is InChI=1S/C13H15BrF3NO/c14-9-6-5-8(13(15,16)17)10(12(9)19)11(18)7-3-1-2-4-7/h5-7,11,19H,1-4,18H2/t11-/m0/s1. The Kier molecular flexibility index (Phi) is 4.11. The molecule has 1 saturated carbocycles. The van der Waals surface area contributed by atoms with Gasteiger partial charge in [-0.1, -0.05) is 12.8 Å². The van der Waals surface area contributed by atoms with Gasteiger partial charge in [0.05, 0.1) is 10.0 Å². The van der Waals surface area contributed by atoms with Crippen LogP contribution in [0.15, 0.2) is 16.6 Å². The molecule has 0 heterocycles. The van der Waals surface area contributed by atoms with Crippen LogP contribution >= 0.6 is 15.9 Å². The Labute approximate surface area is 117 Å². The highest BCUT2D eigenvalue weighted by Gasteiger charge is 2.38. The molecule has 0 saturated heterocycles. The lowest BCUT2D eigenvalue weighted by molar-refractivity contribution is -0.138. The Hall–Kier alpha value is -0.750. The molecule has 0 amide bonds. The van der Waals surface area contributed by atoms with Crippen LogP contribution in [0.4, 0.5) is 13.2 Å². The highest BCUT2D eigenvalue weighted by Crippen LogP contribution is 2.45. The zero-order valence-corrected chi connectivity index (χ0v) is 11.8. The molecule has 1 fully saturated rings. The van der Waals surface area contributed by atoms with E-state index in [0.29, 0.717) is 0 Å². The number of halogens is 4. The topological polar surface area (TPSA) is 46.2 Å². The number of alkyl halides is 3. The van der Waals surface area contributed by atoms with E-state index in [1.807, 2.05) is 0 Å². The minimum absolute atomic E-state index is 0.00120. The van der Waals surface area contributed by atoms with Crippen LogP contribution in [0.1, 0.15) is 42.9 Å². The van der Waals surface area contributed by atoms with Crippen molar-refractivity contribution in [3.05, 3.63) is 27.7 Å². The average Bonchev–Trinajstić information content (AvgIpc) is 2.83. The first-order chi connectivity index (χ1) is 8.82. The SMILES string of the molecule is N[C@H](c1c(C(F)(F)F)ccc(Br)c1O)C1CCCC1. The van der Waals surface area contributed by atoms with Crippen LogP contribution in [0.5, 0.6) is 5.75 Å². The molecule has 3 N–H and O–H groups in total. The van der Waals surface area contributed by atoms with Crippen LogP contribution in [-0.2, 0) is 6.18 Å². The molecule has 1 aromatic rings. The Morgan fingerprint density at radius 3 is 2.37 bits per heavy atom. The molecule has 1 aliphatic rings. The van der Waals surface area contributed by atoms with Crippen molar-refractivity contribution in [3.8, 4) is 5.75 Å². The van der Waals surface area contributed by atoms with E-state index in [1.54, 1.807) is 0 Å². The maximum atomic E-state index is 13.0. The lowest BCUT2D eigenvalue weighted by Gasteiger charge is -2.24. The number of aromatic hydroxyl groups is 1. The van der Waals surface area contributed by atoms with Gasteiger partial charge in [-0.05, 0) is 46.8 Å². The van der Waals surface area contributed by atoms with E-state index in [4.69, 9.17) is 5.73 Å². The van der Waals surface area contributed by atoms with Gasteiger partial charge in [-0.15, -0.1) is 0 Å². The predicted molar refractivity (Wildman–Crippen MR) is 69.7 cm³/mol. The first-order valence-electron chi connectivity index (χ1n) is 6.16. The predicted octanol–water partition coefficient (Wildman–Crippen LogP) is 4.36. The number of nitrogens with two attached hydrogens (primary N) is 1. The molecular weight excluding hydrogens is 323 g/mol. The summed E-state index contributed by atoms with van der Waals surface area (Å²) in [4.78, 5) is 0. The Morgan fingerprint density at radius 1 is 1.26 bits per heavy atom. The third-order valence-electron chi connectivity index (χ3n) is 3.71. The summed E-state index contributed by atoms with van der Waals surface area (Å²) in [7, 11) is 0. The number of benzene rings is 1. The Bertz CT molecular complexity index is 470. The molecule has 0 aromatic heterocycles. The number of rotatable bonds is 2. The minimum Gasteiger partial charge on any atom is -0.506 e. The van der Waals surface area contributed by atoms with Gasteiger partial charge in [-0.3, -0.25) is 0 Å². The van der Waals surface area contributed by atoms with Gasteiger partial charge in [0, 0.05) is 11.6 Å². The second kappa shape index (κ2) is 5.32. The summed E-state index contributed by atoms with van der Waals surface area (Å²) in [6.07, 6.45) is -0.929. The summed E-state index contributed by atoms with van der Waals surface area (Å²) in [6.45, 7) is 0. The lowest BCUT2D eigenvalue weighted by Crippen LogP contribution is -2.23. The first kappa shape index (κ1) is 14.7. The maximum Gasteiger partial charge on any atom is 0.416 e. The van der Waals surface area contributed by atoms with E-state index in [-0.39, 0.29) is 16.0 Å². The molecule has 2 rings (SSSR count). The van der Waals surface area contributed by atoms with Gasteiger partial charge in [-0.2, -0.15) is 13.2 Å². The van der Waals surface area contributed by atoms with Gasteiger partial charge in [0.2, 0.25) is 0 Å². The van der Waals surface area contributed by atoms with Gasteiger partial charge in [0.25, 0.3) is 0 Å². The van der Waals surface area contributed by atoms with Gasteiger partial charge in [0.1, 0.15) is 5.75 Å². The monoisotopic (exact) mass is 337 g/mol. The first-order valence-corrected chi connectivity index (χ1v) is 6.96. The largest absolute Gasteiger partial charge is 0.506 e. The lowest BCUT2D eigenvalue weighted by atomic mass is 9.88. The molecule has 0 aliphatic heterocycles. The maximum absolute atomic E-state index is 13.0. The van der Waals surface area contributed by atoms with E-state index in [1.165, 1.54) is 6.07 Å². The van der Waals surface area contributed by atoms with Crippen molar-refractivity contribution in [2.24, 2.45) is 11.7 Å². The van der Waals surface area contributed by atoms with Crippen LogP contribution in [-0.4, -0.2) is 5.11 Å². The van der Waals surface area contributed by atoms with E-state index in [9.17, 15) is 18.3 Å². The number of hydrogen-bond donors (Lipinski definition) is 2. The molecule has 1 atom stereocenters. The molecular formula is C13H15BrF3NO. The number of phenols is 1. The number of phenolic OH excluding ortho intramolecular Hbond substituents is 1. The molecule has 0 bridgehead atoms. The molecule has 0 unspecified atom stereocenters. The molecule has 1 aliphatic carbocycles. The summed E-state index contributed by atoms with van der Waals surface area (Å²) in [5, 5.41) is 9.95. The van der Waals surface area contributed by atoms with Crippen molar-refractivity contribution in [2.45, 2.75) is 37.9 Å². The van der Waals surface area contributed by atoms with Gasteiger partial charge >= 0.3 is 6.18 Å². The summed E-state index contributed by atoms with van der Waals surface area (Å²) in [6, 6.07) is 1.38. The van der Waals surface area contributed by atoms with Crippen LogP contribution in [0.3, 0.4) is 0 Å². The van der Waals surface area contributed by atoms with E-state index in [2.05, 4.69) is 15.9 Å². The highest BCUT2D eigenvalue weighted by molar-refractivity contribution is 9.10. The summed E-state index contributed by atoms with van der Waals surface area (Å²) >= 11 is 3.05. The summed E-state index contributed by atoms with van der Waals surface area (Å²) in [5.74, 6) is -0.393. The fourth-order valence-corrected chi connectivity index (χ4v) is 3.06. The van der Waals surface area contributed by atoms with Crippen LogP contribution in [0.25, 0.3) is 0 Å². The normalized spacial score (nSPS) is 18.8. The molecule has 19 heavy (non-hydrogen) atoms. The van der Waals surface area contributed by atoms with Crippen molar-refractivity contribution in [1.29, 1.82) is 0 Å². The van der Waals surface area contributed by atoms with Crippen molar-refractivity contribution in [3.63, 3.8) is 0 Å². The van der Waals surface area contributed by atoms with Crippen molar-refractivity contribution in [2.75, 3.05) is 0 Å². The highest BCUT2D eigenvalue weighted by atomic mass is 79.9. The van der Waals surface area contributed by atoms with Gasteiger partial charge in [0.15, 0.2) is 0 Å². The van der Waals surface area contributed by atoms with Crippen molar-refractivity contribution >= 4 is 15.9 Å². The molecule has 2 nitrogen and oxygen atoms in total. The third kappa shape index (κ3) is 2.89. The minimum atomic E-state index is -4.51. The fraction of sp³-hybridized carbons (Fsp3) is 0.538. The summed E-state index contributed by atoms with van der Waals surface area (Å²) < 4.78 is 39.3. The Morgan fingerprint density at radius 2 is 1.84 bits per heavy atom. The van der Waals surface area contributed by atoms with Crippen molar-refractivity contribution in [1.82, 2.24) is 0 Å². The van der Waals surface area contributed by atoms with E-state index in [0.717, 1.165) is 31.7 Å². The van der Waals surface area contributed by atoms with Crippen LogP contribution < -0.4 is 5.73 Å². The van der Waals surface area contributed by atoms with E-state index < -0.39 is 23.5 Å². The van der Waals surface area contributed by atoms with Crippen LogP contribution in [0.2, 0.25) is 0 Å². The quantitative estimate of drug-likeness (QED) is 0.841. The van der Waals surface area contributed by atoms with Gasteiger partial charge in [-0.25, -0.2) is 0 Å². The molecule has 0 radical (unpaired) electrons. The van der Waals surface area contributed by atoms with Crippen molar-refractivity contribution < 1.29 is 18.3 Å². The Balaban J connectivity index is 2.49. The molecule has 0 spiro atoms. The average molecular weight is 338 g/mol. The summed E-state index contributed by atoms with van der Waals surface area (Å²) in [5.41, 5.74) is 4.96. The zero-order chi connectivity index (χ0) is 14.2. The molecule has 6 heteroatoms. The third-order valence-corrected chi connectivity index (χ3v) is 4.35. The molecule has 106 valence electrons. The second-order valence-electron chi connectivity index (χ2n) is 4.93. The van der Waals surface area contributed by atoms with Gasteiger partial charge < -0.3 is 10.8 Å². The fourth-order valence-electron chi connectivity index (χ4n) is 2.72. The number of hydrogen-bond acceptors (Lipinski definition) is 2. The van der Waals surface area contributed by atoms with E-state index >= 15 is 0 Å². The smallest absolute Gasteiger partial charge is 0.416 e. The van der Waals surface area contributed by atoms with Crippen LogP contribution in [0, 0.1) is 5.92 Å². The molecule has 1 aromatic carbocycles.